The molecule has 0 aromatic rings. The third-order valence-corrected chi connectivity index (χ3v) is 3.76. The fourth-order valence-corrected chi connectivity index (χ4v) is 2.19. The van der Waals surface area contributed by atoms with Gasteiger partial charge in [-0.1, -0.05) is 19.3 Å². The Morgan fingerprint density at radius 3 is 2.50 bits per heavy atom. The summed E-state index contributed by atoms with van der Waals surface area (Å²) in [4.78, 5) is 11.7. The predicted octanol–water partition coefficient (Wildman–Crippen LogP) is 0.404. The molecule has 4 nitrogen and oxygen atoms in total. The molecule has 0 saturated heterocycles. The quantitative estimate of drug-likeness (QED) is 0.614. The van der Waals surface area contributed by atoms with Crippen molar-refractivity contribution in [1.29, 1.82) is 0 Å². The van der Waals surface area contributed by atoms with Crippen LogP contribution in [-0.4, -0.2) is 36.2 Å². The molecule has 92 valence electrons. The van der Waals surface area contributed by atoms with Crippen LogP contribution in [-0.2, 0) is 4.79 Å². The lowest BCUT2D eigenvalue weighted by atomic mass is 9.80. The Balaban J connectivity index is 1.78. The minimum absolute atomic E-state index is 0.0935. The van der Waals surface area contributed by atoms with Gasteiger partial charge in [-0.2, -0.15) is 0 Å². The van der Waals surface area contributed by atoms with Gasteiger partial charge >= 0.3 is 0 Å². The van der Waals surface area contributed by atoms with Crippen molar-refractivity contribution in [3.63, 3.8) is 0 Å². The zero-order valence-electron chi connectivity index (χ0n) is 9.91. The van der Waals surface area contributed by atoms with Gasteiger partial charge in [0.1, 0.15) is 6.10 Å². The summed E-state index contributed by atoms with van der Waals surface area (Å²) in [5.74, 6) is 0.488. The second kappa shape index (κ2) is 5.15. The summed E-state index contributed by atoms with van der Waals surface area (Å²) in [6.45, 7) is 0. The second-order valence-electron chi connectivity index (χ2n) is 5.16. The van der Waals surface area contributed by atoms with Gasteiger partial charge in [-0.25, -0.2) is 0 Å². The molecule has 0 bridgehead atoms. The molecule has 3 N–H and O–H groups in total. The van der Waals surface area contributed by atoms with Crippen molar-refractivity contribution < 1.29 is 9.90 Å². The highest BCUT2D eigenvalue weighted by atomic mass is 16.3. The molecule has 16 heavy (non-hydrogen) atoms. The van der Waals surface area contributed by atoms with Gasteiger partial charge in [0.15, 0.2) is 0 Å². The lowest BCUT2D eigenvalue weighted by molar-refractivity contribution is -0.131. The highest BCUT2D eigenvalue weighted by molar-refractivity contribution is 5.81. The van der Waals surface area contributed by atoms with Crippen molar-refractivity contribution in [2.75, 3.05) is 7.05 Å². The fraction of sp³-hybridized carbons (Fsp3) is 0.917. The van der Waals surface area contributed by atoms with Crippen LogP contribution in [0.4, 0.5) is 0 Å². The number of hydrogen-bond donors (Lipinski definition) is 3. The molecule has 0 heterocycles. The number of amides is 1. The summed E-state index contributed by atoms with van der Waals surface area (Å²) in [6, 6.07) is 0.229. The Labute approximate surface area is 96.8 Å². The van der Waals surface area contributed by atoms with E-state index in [0.717, 1.165) is 19.3 Å². The fourth-order valence-electron chi connectivity index (χ4n) is 2.19. The summed E-state index contributed by atoms with van der Waals surface area (Å²) in [6.07, 6.45) is 5.92. The molecule has 0 aromatic carbocycles. The molecule has 2 unspecified atom stereocenters. The van der Waals surface area contributed by atoms with Crippen LogP contribution in [0.1, 0.15) is 38.5 Å². The average molecular weight is 226 g/mol. The third-order valence-electron chi connectivity index (χ3n) is 3.76. The maximum absolute atomic E-state index is 11.7. The zero-order chi connectivity index (χ0) is 11.5. The van der Waals surface area contributed by atoms with E-state index >= 15 is 0 Å². The predicted molar refractivity (Wildman–Crippen MR) is 62.0 cm³/mol. The minimum Gasteiger partial charge on any atom is -0.382 e. The van der Waals surface area contributed by atoms with Crippen molar-refractivity contribution >= 4 is 5.91 Å². The largest absolute Gasteiger partial charge is 0.382 e. The summed E-state index contributed by atoms with van der Waals surface area (Å²) in [5.41, 5.74) is 0. The van der Waals surface area contributed by atoms with Gasteiger partial charge in [-0.15, -0.1) is 0 Å². The van der Waals surface area contributed by atoms with Gasteiger partial charge in [0.05, 0.1) is 0 Å². The van der Waals surface area contributed by atoms with Gasteiger partial charge < -0.3 is 15.7 Å². The second-order valence-corrected chi connectivity index (χ2v) is 5.16. The molecule has 2 aliphatic carbocycles. The van der Waals surface area contributed by atoms with Crippen molar-refractivity contribution in [1.82, 2.24) is 10.6 Å². The van der Waals surface area contributed by atoms with E-state index in [4.69, 9.17) is 0 Å². The van der Waals surface area contributed by atoms with E-state index < -0.39 is 6.10 Å². The number of rotatable bonds is 6. The van der Waals surface area contributed by atoms with E-state index in [-0.39, 0.29) is 11.9 Å². The molecule has 0 aromatic heterocycles. The van der Waals surface area contributed by atoms with E-state index in [1.165, 1.54) is 19.3 Å². The summed E-state index contributed by atoms with van der Waals surface area (Å²) < 4.78 is 0. The first kappa shape index (κ1) is 11.9. The molecule has 2 rings (SSSR count). The number of hydrogen-bond acceptors (Lipinski definition) is 3. The van der Waals surface area contributed by atoms with Gasteiger partial charge in [-0.05, 0) is 32.2 Å². The van der Waals surface area contributed by atoms with Crippen LogP contribution in [0.5, 0.6) is 0 Å². The summed E-state index contributed by atoms with van der Waals surface area (Å²) in [5, 5.41) is 15.9. The van der Waals surface area contributed by atoms with Crippen LogP contribution in [0.15, 0.2) is 0 Å². The first-order valence-electron chi connectivity index (χ1n) is 6.36. The Hall–Kier alpha value is -0.610. The van der Waals surface area contributed by atoms with Gasteiger partial charge in [0.2, 0.25) is 0 Å². The van der Waals surface area contributed by atoms with Crippen LogP contribution < -0.4 is 10.6 Å². The molecule has 2 fully saturated rings. The Morgan fingerprint density at radius 2 is 2.06 bits per heavy atom. The number of carbonyl (C=O) groups excluding carboxylic acids is 1. The molecule has 1 amide bonds. The summed E-state index contributed by atoms with van der Waals surface area (Å²) >= 11 is 0. The molecule has 2 aliphatic rings. The van der Waals surface area contributed by atoms with Crippen LogP contribution in [0.2, 0.25) is 0 Å². The van der Waals surface area contributed by atoms with Crippen LogP contribution in [0.3, 0.4) is 0 Å². The molecule has 0 aliphatic heterocycles. The number of nitrogens with one attached hydrogen (secondary N) is 2. The molecule has 0 radical (unpaired) electrons. The van der Waals surface area contributed by atoms with Crippen molar-refractivity contribution in [3.8, 4) is 0 Å². The van der Waals surface area contributed by atoms with Crippen LogP contribution >= 0.6 is 0 Å². The van der Waals surface area contributed by atoms with Crippen LogP contribution in [0.25, 0.3) is 0 Å². The van der Waals surface area contributed by atoms with E-state index in [0.29, 0.717) is 12.0 Å². The van der Waals surface area contributed by atoms with E-state index in [1.54, 1.807) is 0 Å². The highest BCUT2D eigenvalue weighted by Gasteiger charge is 2.32. The number of likely N-dealkylation sites (N-methyl/N-ethyl adjacent to an activating group) is 1. The Morgan fingerprint density at radius 1 is 1.38 bits per heavy atom. The first-order chi connectivity index (χ1) is 7.70. The maximum atomic E-state index is 11.7. The maximum Gasteiger partial charge on any atom is 0.250 e. The number of carbonyl (C=O) groups is 1. The van der Waals surface area contributed by atoms with Gasteiger partial charge in [0.25, 0.3) is 5.91 Å². The lowest BCUT2D eigenvalue weighted by Gasteiger charge is -2.31. The van der Waals surface area contributed by atoms with Gasteiger partial charge in [-0.3, -0.25) is 4.79 Å². The Bertz CT molecular complexity index is 249. The van der Waals surface area contributed by atoms with Gasteiger partial charge in [0, 0.05) is 12.1 Å². The number of aliphatic hydroxyl groups is 1. The molecular weight excluding hydrogens is 204 g/mol. The first-order valence-corrected chi connectivity index (χ1v) is 6.36. The molecule has 0 spiro atoms. The standard InChI is InChI=1S/C12H22N2O2/c1-13-10(7-8-3-2-4-8)11(15)12(16)14-9-5-6-9/h8-11,13,15H,2-7H2,1H3,(H,14,16). The molecule has 2 atom stereocenters. The third kappa shape index (κ3) is 2.95. The monoisotopic (exact) mass is 226 g/mol. The highest BCUT2D eigenvalue weighted by Crippen LogP contribution is 2.31. The van der Waals surface area contributed by atoms with Crippen molar-refractivity contribution in [2.24, 2.45) is 5.92 Å². The SMILES string of the molecule is CNC(CC1CCC1)C(O)C(=O)NC1CC1. The Kier molecular flexibility index (Phi) is 3.82. The van der Waals surface area contributed by atoms with Crippen molar-refractivity contribution in [3.05, 3.63) is 0 Å². The molecule has 4 heteroatoms. The van der Waals surface area contributed by atoms with Crippen LogP contribution in [0, 0.1) is 5.92 Å². The summed E-state index contributed by atoms with van der Waals surface area (Å²) in [7, 11) is 1.82. The molecule has 2 saturated carbocycles. The molecular formula is C12H22N2O2. The number of aliphatic hydroxyl groups excluding tert-OH is 1. The topological polar surface area (TPSA) is 61.4 Å². The lowest BCUT2D eigenvalue weighted by Crippen LogP contribution is -2.49. The average Bonchev–Trinajstić information content (AvgIpc) is 2.99. The zero-order valence-corrected chi connectivity index (χ0v) is 9.91. The minimum atomic E-state index is -0.897. The van der Waals surface area contributed by atoms with Crippen molar-refractivity contribution in [2.45, 2.75) is 56.7 Å². The smallest absolute Gasteiger partial charge is 0.250 e. The van der Waals surface area contributed by atoms with E-state index in [1.807, 2.05) is 7.05 Å². The normalized spacial score (nSPS) is 24.6. The van der Waals surface area contributed by atoms with E-state index in [9.17, 15) is 9.90 Å². The van der Waals surface area contributed by atoms with E-state index in [2.05, 4.69) is 10.6 Å².